The topological polar surface area (TPSA) is 44.8 Å². The van der Waals surface area contributed by atoms with Crippen molar-refractivity contribution in [3.63, 3.8) is 0 Å². The highest BCUT2D eigenvalue weighted by atomic mass is 127. The van der Waals surface area contributed by atoms with Crippen molar-refractivity contribution in [2.24, 2.45) is 0 Å². The number of carbonyl (C=O) groups excluding carboxylic acids is 1. The largest absolute Gasteiger partial charge is 0.496 e. The van der Waals surface area contributed by atoms with Gasteiger partial charge in [0.25, 0.3) is 0 Å². The summed E-state index contributed by atoms with van der Waals surface area (Å²) in [7, 11) is 3.09. The zero-order valence-electron chi connectivity index (χ0n) is 13.2. The number of fused-ring (bicyclic) bond motifs is 1. The predicted octanol–water partition coefficient (Wildman–Crippen LogP) is 4.48. The summed E-state index contributed by atoms with van der Waals surface area (Å²) in [4.78, 5) is 12.6. The van der Waals surface area contributed by atoms with Crippen LogP contribution in [0.3, 0.4) is 0 Å². The molecule has 0 radical (unpaired) electrons. The quantitative estimate of drug-likeness (QED) is 0.526. The van der Waals surface area contributed by atoms with Gasteiger partial charge in [0.1, 0.15) is 17.1 Å². The lowest BCUT2D eigenvalue weighted by molar-refractivity contribution is 0.101. The van der Waals surface area contributed by atoms with Gasteiger partial charge in [-0.25, -0.2) is 0 Å². The van der Waals surface area contributed by atoms with Gasteiger partial charge >= 0.3 is 0 Å². The number of halogens is 1. The first kappa shape index (κ1) is 16.6. The van der Waals surface area contributed by atoms with Crippen molar-refractivity contribution in [1.82, 2.24) is 0 Å². The number of hydrogen-bond acceptors (Lipinski definition) is 4. The molecule has 0 atom stereocenters. The second-order valence-corrected chi connectivity index (χ2v) is 6.11. The molecule has 0 amide bonds. The minimum atomic E-state index is -0.194. The minimum absolute atomic E-state index is 0.194. The van der Waals surface area contributed by atoms with Crippen molar-refractivity contribution < 1.29 is 19.0 Å². The summed E-state index contributed by atoms with van der Waals surface area (Å²) in [5, 5.41) is 0. The number of benzene rings is 2. The Morgan fingerprint density at radius 3 is 2.46 bits per heavy atom. The maximum Gasteiger partial charge on any atom is 0.235 e. The highest BCUT2D eigenvalue weighted by molar-refractivity contribution is 14.1. The lowest BCUT2D eigenvalue weighted by Crippen LogP contribution is -2.00. The van der Waals surface area contributed by atoms with Gasteiger partial charge < -0.3 is 14.2 Å². The molecule has 0 unspecified atom stereocenters. The summed E-state index contributed by atoms with van der Waals surface area (Å²) >= 11 is 2.10. The van der Waals surface area contributed by atoms with Crippen molar-refractivity contribution in [2.75, 3.05) is 14.2 Å². The van der Waals surface area contributed by atoms with Gasteiger partial charge in [-0.05, 0) is 34.2 Å². The molecule has 122 valence electrons. The first-order valence-electron chi connectivity index (χ1n) is 7.26. The molecule has 0 bridgehead atoms. The molecule has 0 aromatic heterocycles. The fourth-order valence-electron chi connectivity index (χ4n) is 2.41. The summed E-state index contributed by atoms with van der Waals surface area (Å²) in [6.07, 6.45) is 5.37. The third-order valence-corrected chi connectivity index (χ3v) is 4.61. The van der Waals surface area contributed by atoms with Gasteiger partial charge in [0.05, 0.1) is 17.8 Å². The van der Waals surface area contributed by atoms with E-state index in [1.54, 1.807) is 25.3 Å². The van der Waals surface area contributed by atoms with Crippen LogP contribution in [0.25, 0.3) is 6.08 Å². The number of Topliss-reactive ketones (excluding diaryl/α,β-unsaturated/α-hetero) is 1. The fourth-order valence-corrected chi connectivity index (χ4v) is 3.16. The molecule has 0 fully saturated rings. The molecular formula is C19H15IO4. The molecule has 1 aliphatic rings. The van der Waals surface area contributed by atoms with E-state index in [4.69, 9.17) is 14.2 Å². The Balaban J connectivity index is 1.94. The monoisotopic (exact) mass is 434 g/mol. The second kappa shape index (κ2) is 7.09. The van der Waals surface area contributed by atoms with Gasteiger partial charge in [-0.2, -0.15) is 0 Å². The second-order valence-electron chi connectivity index (χ2n) is 5.03. The van der Waals surface area contributed by atoms with Gasteiger partial charge in [0.2, 0.25) is 5.78 Å². The van der Waals surface area contributed by atoms with Gasteiger partial charge in [-0.3, -0.25) is 4.79 Å². The van der Waals surface area contributed by atoms with Crippen LogP contribution in [0.5, 0.6) is 17.2 Å². The van der Waals surface area contributed by atoms with Gasteiger partial charge in [0, 0.05) is 6.07 Å². The van der Waals surface area contributed by atoms with Gasteiger partial charge in [0.15, 0.2) is 11.5 Å². The van der Waals surface area contributed by atoms with E-state index >= 15 is 0 Å². The van der Waals surface area contributed by atoms with Crippen LogP contribution in [-0.4, -0.2) is 20.0 Å². The SMILES string of the molecule is COc1cc(OC)c2c(c1I)OC(=CC=Cc1ccccc1)C2=O. The number of allylic oxidation sites excluding steroid dienone is 3. The van der Waals surface area contributed by atoms with E-state index in [1.165, 1.54) is 7.11 Å². The van der Waals surface area contributed by atoms with Crippen LogP contribution in [0.4, 0.5) is 0 Å². The van der Waals surface area contributed by atoms with Crippen molar-refractivity contribution in [2.45, 2.75) is 0 Å². The average Bonchev–Trinajstić information content (AvgIpc) is 2.94. The molecule has 2 aromatic rings. The molecule has 0 N–H and O–H groups in total. The van der Waals surface area contributed by atoms with E-state index in [0.717, 1.165) is 9.13 Å². The van der Waals surface area contributed by atoms with Crippen molar-refractivity contribution in [3.05, 3.63) is 69.0 Å². The minimum Gasteiger partial charge on any atom is -0.496 e. The Kier molecular flexibility index (Phi) is 4.89. The molecule has 0 saturated carbocycles. The average molecular weight is 434 g/mol. The molecule has 3 rings (SSSR count). The van der Waals surface area contributed by atoms with Crippen LogP contribution < -0.4 is 14.2 Å². The molecule has 0 aliphatic carbocycles. The van der Waals surface area contributed by atoms with Crippen LogP contribution in [0.15, 0.2) is 54.3 Å². The fraction of sp³-hybridized carbons (Fsp3) is 0.105. The Hall–Kier alpha value is -2.28. The van der Waals surface area contributed by atoms with E-state index in [1.807, 2.05) is 36.4 Å². The van der Waals surface area contributed by atoms with Crippen molar-refractivity contribution in [3.8, 4) is 17.2 Å². The van der Waals surface area contributed by atoms with Gasteiger partial charge in [-0.15, -0.1) is 0 Å². The first-order chi connectivity index (χ1) is 11.7. The Bertz CT molecular complexity index is 838. The van der Waals surface area contributed by atoms with Crippen molar-refractivity contribution in [1.29, 1.82) is 0 Å². The number of carbonyl (C=O) groups is 1. The van der Waals surface area contributed by atoms with Crippen LogP contribution >= 0.6 is 22.6 Å². The van der Waals surface area contributed by atoms with E-state index in [9.17, 15) is 4.79 Å². The van der Waals surface area contributed by atoms with E-state index in [0.29, 0.717) is 22.8 Å². The standard InChI is InChI=1S/C19H15IO4/c1-22-14-11-15(23-2)17(20)19-16(14)18(21)13(24-19)10-6-9-12-7-4-3-5-8-12/h3-11H,1-2H3. The maximum atomic E-state index is 12.6. The van der Waals surface area contributed by atoms with E-state index in [-0.39, 0.29) is 11.5 Å². The zero-order chi connectivity index (χ0) is 17.1. The van der Waals surface area contributed by atoms with E-state index in [2.05, 4.69) is 22.6 Å². The third kappa shape index (κ3) is 3.03. The van der Waals surface area contributed by atoms with Crippen LogP contribution in [0.2, 0.25) is 0 Å². The summed E-state index contributed by atoms with van der Waals surface area (Å²) in [5.41, 5.74) is 1.48. The molecule has 1 heterocycles. The maximum absolute atomic E-state index is 12.6. The smallest absolute Gasteiger partial charge is 0.235 e. The number of ether oxygens (including phenoxy) is 3. The molecule has 1 aliphatic heterocycles. The summed E-state index contributed by atoms with van der Waals surface area (Å²) in [6.45, 7) is 0. The lowest BCUT2D eigenvalue weighted by Gasteiger charge is -2.10. The summed E-state index contributed by atoms with van der Waals surface area (Å²) in [6, 6.07) is 11.5. The number of hydrogen-bond donors (Lipinski definition) is 0. The number of ketones is 1. The summed E-state index contributed by atoms with van der Waals surface area (Å²) in [5.74, 6) is 1.61. The molecule has 2 aromatic carbocycles. The Morgan fingerprint density at radius 1 is 1.08 bits per heavy atom. The van der Waals surface area contributed by atoms with Crippen LogP contribution in [0, 0.1) is 3.57 Å². The van der Waals surface area contributed by atoms with E-state index < -0.39 is 0 Å². The molecule has 0 spiro atoms. The highest BCUT2D eigenvalue weighted by Crippen LogP contribution is 2.45. The third-order valence-electron chi connectivity index (χ3n) is 3.59. The van der Waals surface area contributed by atoms with Gasteiger partial charge in [-0.1, -0.05) is 42.5 Å². The van der Waals surface area contributed by atoms with Crippen LogP contribution in [-0.2, 0) is 0 Å². The number of rotatable bonds is 4. The summed E-state index contributed by atoms with van der Waals surface area (Å²) < 4.78 is 17.1. The molecule has 5 heteroatoms. The molecule has 24 heavy (non-hydrogen) atoms. The lowest BCUT2D eigenvalue weighted by atomic mass is 10.1. The molecular weight excluding hydrogens is 419 g/mol. The predicted molar refractivity (Wildman–Crippen MR) is 101 cm³/mol. The zero-order valence-corrected chi connectivity index (χ0v) is 15.4. The molecule has 4 nitrogen and oxygen atoms in total. The van der Waals surface area contributed by atoms with Crippen molar-refractivity contribution >= 4 is 34.5 Å². The first-order valence-corrected chi connectivity index (χ1v) is 8.34. The molecule has 0 saturated heterocycles. The van der Waals surface area contributed by atoms with Crippen LogP contribution in [0.1, 0.15) is 15.9 Å². The Labute approximate surface area is 153 Å². The number of methoxy groups -OCH3 is 2. The highest BCUT2D eigenvalue weighted by Gasteiger charge is 2.34. The normalized spacial score (nSPS) is 14.8. The Morgan fingerprint density at radius 2 is 1.79 bits per heavy atom.